The predicted molar refractivity (Wildman–Crippen MR) is 224 cm³/mol. The maximum atomic E-state index is 12.6. The number of phosphoric ester groups is 1. The summed E-state index contributed by atoms with van der Waals surface area (Å²) in [4.78, 5) is 35.3. The van der Waals surface area contributed by atoms with Gasteiger partial charge in [-0.1, -0.05) is 152 Å². The number of quaternary nitrogens is 1. The lowest BCUT2D eigenvalue weighted by molar-refractivity contribution is -0.870. The molecule has 2 atom stereocenters. The minimum absolute atomic E-state index is 0.0215. The van der Waals surface area contributed by atoms with Gasteiger partial charge >= 0.3 is 19.8 Å². The van der Waals surface area contributed by atoms with Gasteiger partial charge < -0.3 is 18.9 Å². The molecule has 0 radical (unpaired) electrons. The van der Waals surface area contributed by atoms with Gasteiger partial charge in [0.1, 0.15) is 19.8 Å². The molecule has 0 spiro atoms. The van der Waals surface area contributed by atoms with Crippen LogP contribution in [0.5, 0.6) is 0 Å². The summed E-state index contributed by atoms with van der Waals surface area (Å²) < 4.78 is 34.2. The highest BCUT2D eigenvalue weighted by Gasteiger charge is 2.27. The summed E-state index contributed by atoms with van der Waals surface area (Å²) in [5, 5.41) is 0. The van der Waals surface area contributed by atoms with Crippen molar-refractivity contribution >= 4 is 19.8 Å². The van der Waals surface area contributed by atoms with E-state index >= 15 is 0 Å². The van der Waals surface area contributed by atoms with Crippen molar-refractivity contribution in [3.8, 4) is 0 Å². The van der Waals surface area contributed by atoms with E-state index in [1.165, 1.54) is 57.8 Å². The highest BCUT2D eigenvalue weighted by Crippen LogP contribution is 2.43. The zero-order valence-electron chi connectivity index (χ0n) is 34.9. The maximum absolute atomic E-state index is 12.6. The fraction of sp³-hybridized carbons (Fsp3) is 0.727. The van der Waals surface area contributed by atoms with Crippen LogP contribution in [0.2, 0.25) is 0 Å². The van der Waals surface area contributed by atoms with Crippen molar-refractivity contribution in [3.05, 3.63) is 60.8 Å². The lowest BCUT2D eigenvalue weighted by Gasteiger charge is -2.24. The van der Waals surface area contributed by atoms with Crippen LogP contribution in [0.15, 0.2) is 60.8 Å². The zero-order valence-corrected chi connectivity index (χ0v) is 35.8. The van der Waals surface area contributed by atoms with Crippen molar-refractivity contribution in [2.75, 3.05) is 47.5 Å². The molecule has 0 fully saturated rings. The lowest BCUT2D eigenvalue weighted by Crippen LogP contribution is -2.37. The number of carbonyl (C=O) groups is 2. The third kappa shape index (κ3) is 39.4. The Labute approximate surface area is 330 Å². The van der Waals surface area contributed by atoms with E-state index in [1.807, 2.05) is 21.1 Å². The number of phosphoric acid groups is 1. The van der Waals surface area contributed by atoms with Gasteiger partial charge in [-0.3, -0.25) is 18.6 Å². The number of hydrogen-bond donors (Lipinski definition) is 1. The van der Waals surface area contributed by atoms with E-state index in [2.05, 4.69) is 74.6 Å². The van der Waals surface area contributed by atoms with Crippen LogP contribution in [-0.4, -0.2) is 74.9 Å². The van der Waals surface area contributed by atoms with Crippen molar-refractivity contribution in [1.29, 1.82) is 0 Å². The van der Waals surface area contributed by atoms with Gasteiger partial charge in [0.15, 0.2) is 6.10 Å². The number of carbonyl (C=O) groups excluding carboxylic acids is 2. The standard InChI is InChI=1S/C44H78NO8P/c1-6-8-10-12-14-16-18-20-21-22-23-25-26-28-30-32-34-36-43(46)50-40-42(41-52-54(48,49)51-39-38-45(3,4)5)53-44(47)37-35-33-31-29-27-24-19-17-15-13-11-9-7-2/h8,10,14,16,20-21,23,25,28,30,42H,6-7,9,11-13,15,17-19,22,24,26-27,29,31-41H2,1-5H3/p+1/b10-8+,16-14+,21-20+,25-23+,30-28+/t42-/m1/s1. The first-order chi connectivity index (χ1) is 26.0. The molecule has 0 aromatic carbocycles. The normalized spacial score (nSPS) is 14.3. The molecule has 312 valence electrons. The van der Waals surface area contributed by atoms with Crippen LogP contribution in [0.25, 0.3) is 0 Å². The molecule has 0 aliphatic rings. The van der Waals surface area contributed by atoms with Crippen LogP contribution in [0, 0.1) is 0 Å². The van der Waals surface area contributed by atoms with Crippen molar-refractivity contribution in [2.24, 2.45) is 0 Å². The number of hydrogen-bond acceptors (Lipinski definition) is 7. The minimum atomic E-state index is -4.38. The van der Waals surface area contributed by atoms with Gasteiger partial charge in [-0.15, -0.1) is 0 Å². The molecule has 1 unspecified atom stereocenters. The van der Waals surface area contributed by atoms with E-state index in [0.29, 0.717) is 23.9 Å². The van der Waals surface area contributed by atoms with Gasteiger partial charge in [-0.25, -0.2) is 4.57 Å². The minimum Gasteiger partial charge on any atom is -0.462 e. The van der Waals surface area contributed by atoms with E-state index in [-0.39, 0.29) is 26.1 Å². The highest BCUT2D eigenvalue weighted by atomic mass is 31.2. The molecule has 0 rings (SSSR count). The molecule has 10 heteroatoms. The quantitative estimate of drug-likeness (QED) is 0.0218. The third-order valence-electron chi connectivity index (χ3n) is 8.56. The zero-order chi connectivity index (χ0) is 40.0. The molecule has 0 saturated heterocycles. The molecule has 0 bridgehead atoms. The van der Waals surface area contributed by atoms with Gasteiger partial charge in [-0.05, 0) is 51.4 Å². The maximum Gasteiger partial charge on any atom is 0.472 e. The Morgan fingerprint density at radius 3 is 1.56 bits per heavy atom. The summed E-state index contributed by atoms with van der Waals surface area (Å²) in [6.07, 6.45) is 42.7. The van der Waals surface area contributed by atoms with Crippen LogP contribution in [-0.2, 0) is 32.7 Å². The van der Waals surface area contributed by atoms with Gasteiger partial charge in [0.25, 0.3) is 0 Å². The summed E-state index contributed by atoms with van der Waals surface area (Å²) in [6.45, 7) is 4.23. The SMILES string of the molecule is CC/C=C/C/C=C/C/C=C/C/C=C/C/C=C/CCCC(=O)OC[C@H](COP(=O)(O)OCC[N+](C)(C)C)OC(=O)CCCCCCCCCCCCCCC. The van der Waals surface area contributed by atoms with Crippen LogP contribution < -0.4 is 0 Å². The highest BCUT2D eigenvalue weighted by molar-refractivity contribution is 7.47. The Hall–Kier alpha value is -2.29. The summed E-state index contributed by atoms with van der Waals surface area (Å²) in [5.74, 6) is -0.869. The number of unbranched alkanes of at least 4 members (excludes halogenated alkanes) is 13. The molecule has 1 N–H and O–H groups in total. The molecule has 0 heterocycles. The molecule has 0 aliphatic carbocycles. The molecule has 0 saturated carbocycles. The fourth-order valence-electron chi connectivity index (χ4n) is 5.28. The van der Waals surface area contributed by atoms with Gasteiger partial charge in [0.2, 0.25) is 0 Å². The first kappa shape index (κ1) is 51.7. The first-order valence-electron chi connectivity index (χ1n) is 21.0. The lowest BCUT2D eigenvalue weighted by atomic mass is 10.0. The van der Waals surface area contributed by atoms with Crippen LogP contribution in [0.4, 0.5) is 0 Å². The second-order valence-corrected chi connectivity index (χ2v) is 16.5. The second kappa shape index (κ2) is 36.4. The number of nitrogens with zero attached hydrogens (tertiary/aromatic N) is 1. The largest absolute Gasteiger partial charge is 0.472 e. The fourth-order valence-corrected chi connectivity index (χ4v) is 6.03. The van der Waals surface area contributed by atoms with Crippen molar-refractivity contribution in [2.45, 2.75) is 161 Å². The molecule has 0 aromatic rings. The van der Waals surface area contributed by atoms with Gasteiger partial charge in [-0.2, -0.15) is 0 Å². The summed E-state index contributed by atoms with van der Waals surface area (Å²) in [7, 11) is 1.44. The number of allylic oxidation sites excluding steroid dienone is 10. The van der Waals surface area contributed by atoms with E-state index in [0.717, 1.165) is 57.8 Å². The number of likely N-dealkylation sites (N-methyl/N-ethyl adjacent to an activating group) is 1. The second-order valence-electron chi connectivity index (χ2n) is 15.0. The predicted octanol–water partition coefficient (Wildman–Crippen LogP) is 11.7. The smallest absolute Gasteiger partial charge is 0.462 e. The first-order valence-corrected chi connectivity index (χ1v) is 22.5. The Morgan fingerprint density at radius 2 is 1.06 bits per heavy atom. The van der Waals surface area contributed by atoms with E-state index in [9.17, 15) is 19.0 Å². The van der Waals surface area contributed by atoms with E-state index in [4.69, 9.17) is 18.5 Å². The van der Waals surface area contributed by atoms with Gasteiger partial charge in [0, 0.05) is 12.8 Å². The molecule has 9 nitrogen and oxygen atoms in total. The molecule has 0 aromatic heterocycles. The van der Waals surface area contributed by atoms with Crippen molar-refractivity contribution in [3.63, 3.8) is 0 Å². The molecular formula is C44H79NO8P+. The molecule has 0 aliphatic heterocycles. The van der Waals surface area contributed by atoms with Crippen LogP contribution in [0.1, 0.15) is 155 Å². The van der Waals surface area contributed by atoms with Crippen molar-refractivity contribution < 1.29 is 42.1 Å². The number of esters is 2. The average Bonchev–Trinajstić information content (AvgIpc) is 3.12. The molecule has 54 heavy (non-hydrogen) atoms. The van der Waals surface area contributed by atoms with Crippen LogP contribution >= 0.6 is 7.82 Å². The van der Waals surface area contributed by atoms with Crippen LogP contribution in [0.3, 0.4) is 0 Å². The monoisotopic (exact) mass is 781 g/mol. The summed E-state index contributed by atoms with van der Waals surface area (Å²) in [6, 6.07) is 0. The van der Waals surface area contributed by atoms with E-state index < -0.39 is 32.5 Å². The Morgan fingerprint density at radius 1 is 0.593 bits per heavy atom. The Kier molecular flexibility index (Phi) is 34.8. The molecule has 0 amide bonds. The van der Waals surface area contributed by atoms with Crippen molar-refractivity contribution in [1.82, 2.24) is 0 Å². The van der Waals surface area contributed by atoms with E-state index in [1.54, 1.807) is 0 Å². The topological polar surface area (TPSA) is 108 Å². The molecular weight excluding hydrogens is 701 g/mol. The average molecular weight is 781 g/mol. The Bertz CT molecular complexity index is 1110. The number of rotatable bonds is 37. The van der Waals surface area contributed by atoms with Gasteiger partial charge in [0.05, 0.1) is 27.7 Å². The summed E-state index contributed by atoms with van der Waals surface area (Å²) in [5.41, 5.74) is 0. The Balaban J connectivity index is 4.48. The summed E-state index contributed by atoms with van der Waals surface area (Å²) >= 11 is 0. The number of ether oxygens (including phenoxy) is 2. The third-order valence-corrected chi connectivity index (χ3v) is 9.55.